The molecule has 0 radical (unpaired) electrons. The molecule has 0 aliphatic rings. The predicted molar refractivity (Wildman–Crippen MR) is 93.7 cm³/mol. The largest absolute Gasteiger partial charge is 0.362 e. The normalized spacial score (nSPS) is 11.0. The fraction of sp³-hybridized carbons (Fsp3) is 0.333. The number of halogens is 1. The van der Waals surface area contributed by atoms with Crippen LogP contribution in [0.4, 0.5) is 11.6 Å². The first-order valence-electron chi connectivity index (χ1n) is 7.44. The summed E-state index contributed by atoms with van der Waals surface area (Å²) in [6, 6.07) is 1.77. The molecule has 3 aromatic heterocycles. The predicted octanol–water partition coefficient (Wildman–Crippen LogP) is 2.16. The van der Waals surface area contributed by atoms with Gasteiger partial charge in [0.05, 0.1) is 5.39 Å². The van der Waals surface area contributed by atoms with Crippen molar-refractivity contribution < 1.29 is 4.79 Å². The summed E-state index contributed by atoms with van der Waals surface area (Å²) in [5.41, 5.74) is 1.14. The van der Waals surface area contributed by atoms with Gasteiger partial charge in [0.2, 0.25) is 0 Å². The third-order valence-corrected chi connectivity index (χ3v) is 4.01. The third kappa shape index (κ3) is 2.69. The van der Waals surface area contributed by atoms with Crippen molar-refractivity contribution in [2.45, 2.75) is 13.5 Å². The lowest BCUT2D eigenvalue weighted by molar-refractivity contribution is 0.101. The van der Waals surface area contributed by atoms with Crippen molar-refractivity contribution in [1.82, 2.24) is 24.3 Å². The van der Waals surface area contributed by atoms with Crippen molar-refractivity contribution in [1.29, 1.82) is 0 Å². The van der Waals surface area contributed by atoms with Crippen LogP contribution in [0.15, 0.2) is 18.6 Å². The number of carbonyl (C=O) groups is 1. The Hall–Kier alpha value is -2.61. The van der Waals surface area contributed by atoms with E-state index in [4.69, 9.17) is 11.6 Å². The zero-order valence-electron chi connectivity index (χ0n) is 13.9. The lowest BCUT2D eigenvalue weighted by Gasteiger charge is -2.11. The number of aromatic nitrogens is 5. The molecule has 1 amide bonds. The van der Waals surface area contributed by atoms with Crippen molar-refractivity contribution >= 4 is 40.2 Å². The van der Waals surface area contributed by atoms with Crippen LogP contribution in [-0.4, -0.2) is 44.3 Å². The molecule has 0 aliphatic heterocycles. The number of amides is 1. The smallest absolute Gasteiger partial charge is 0.273 e. The number of carbonyl (C=O) groups excluding carboxylic acids is 1. The monoisotopic (exact) mass is 347 g/mol. The Kier molecular flexibility index (Phi) is 4.15. The minimum atomic E-state index is -0.302. The van der Waals surface area contributed by atoms with Gasteiger partial charge >= 0.3 is 0 Å². The maximum atomic E-state index is 12.6. The van der Waals surface area contributed by atoms with Crippen molar-refractivity contribution in [2.75, 3.05) is 24.3 Å². The van der Waals surface area contributed by atoms with E-state index in [0.29, 0.717) is 28.7 Å². The number of nitrogens with zero attached hydrogens (tertiary/aromatic N) is 6. The summed E-state index contributed by atoms with van der Waals surface area (Å²) < 4.78 is 3.39. The number of nitrogens with one attached hydrogen (secondary N) is 1. The Labute approximate surface area is 144 Å². The highest BCUT2D eigenvalue weighted by Gasteiger charge is 2.19. The molecule has 3 rings (SSSR count). The van der Waals surface area contributed by atoms with Gasteiger partial charge in [0.15, 0.2) is 5.82 Å². The number of hydrogen-bond donors (Lipinski definition) is 1. The van der Waals surface area contributed by atoms with Crippen LogP contribution in [0.5, 0.6) is 0 Å². The SMILES string of the molecule is CCn1cc(Cl)c(NC(=O)c2cc3c(N(C)C)ncnc3n2C)n1. The number of anilines is 2. The standard InChI is InChI=1S/C15H18ClN7O/c1-5-23-7-10(16)12(20-23)19-15(24)11-6-9-13(21(2)3)17-8-18-14(9)22(11)4/h6-8H,5H2,1-4H3,(H,19,20,24). The van der Waals surface area contributed by atoms with E-state index in [9.17, 15) is 4.79 Å². The minimum absolute atomic E-state index is 0.302. The lowest BCUT2D eigenvalue weighted by atomic mass is 10.3. The van der Waals surface area contributed by atoms with E-state index < -0.39 is 0 Å². The van der Waals surface area contributed by atoms with Gasteiger partial charge in [0.1, 0.15) is 28.5 Å². The first kappa shape index (κ1) is 16.3. The van der Waals surface area contributed by atoms with Crippen molar-refractivity contribution in [3.05, 3.63) is 29.3 Å². The molecule has 0 fully saturated rings. The third-order valence-electron chi connectivity index (χ3n) is 3.73. The van der Waals surface area contributed by atoms with Crippen LogP contribution >= 0.6 is 11.6 Å². The molecule has 0 atom stereocenters. The van der Waals surface area contributed by atoms with Crippen LogP contribution < -0.4 is 10.2 Å². The highest BCUT2D eigenvalue weighted by molar-refractivity contribution is 6.33. The van der Waals surface area contributed by atoms with E-state index in [2.05, 4.69) is 20.4 Å². The number of aryl methyl sites for hydroxylation is 2. The summed E-state index contributed by atoms with van der Waals surface area (Å²) in [6.07, 6.45) is 3.16. The van der Waals surface area contributed by atoms with Crippen LogP contribution in [0.3, 0.4) is 0 Å². The van der Waals surface area contributed by atoms with E-state index >= 15 is 0 Å². The number of fused-ring (bicyclic) bond motifs is 1. The van der Waals surface area contributed by atoms with E-state index in [1.165, 1.54) is 6.33 Å². The van der Waals surface area contributed by atoms with Gasteiger partial charge in [-0.3, -0.25) is 9.48 Å². The second kappa shape index (κ2) is 6.12. The molecule has 126 valence electrons. The van der Waals surface area contributed by atoms with Gasteiger partial charge in [-0.1, -0.05) is 11.6 Å². The fourth-order valence-corrected chi connectivity index (χ4v) is 2.71. The molecule has 0 aromatic carbocycles. The van der Waals surface area contributed by atoms with Gasteiger partial charge in [0.25, 0.3) is 5.91 Å². The van der Waals surface area contributed by atoms with E-state index in [0.717, 1.165) is 11.2 Å². The summed E-state index contributed by atoms with van der Waals surface area (Å²) in [4.78, 5) is 23.0. The average molecular weight is 348 g/mol. The van der Waals surface area contributed by atoms with Gasteiger partial charge in [-0.25, -0.2) is 9.97 Å². The summed E-state index contributed by atoms with van der Waals surface area (Å²) in [7, 11) is 5.58. The molecule has 0 unspecified atom stereocenters. The van der Waals surface area contributed by atoms with Gasteiger partial charge in [-0.05, 0) is 13.0 Å². The van der Waals surface area contributed by atoms with Gasteiger partial charge in [0, 0.05) is 33.9 Å². The van der Waals surface area contributed by atoms with E-state index in [1.54, 1.807) is 28.6 Å². The van der Waals surface area contributed by atoms with Crippen molar-refractivity contribution in [3.8, 4) is 0 Å². The maximum absolute atomic E-state index is 12.6. The average Bonchev–Trinajstić information content (AvgIpc) is 3.08. The summed E-state index contributed by atoms with van der Waals surface area (Å²) in [6.45, 7) is 2.62. The fourth-order valence-electron chi connectivity index (χ4n) is 2.51. The molecule has 0 aliphatic carbocycles. The molecule has 3 heterocycles. The molecular weight excluding hydrogens is 330 g/mol. The van der Waals surface area contributed by atoms with Crippen molar-refractivity contribution in [3.63, 3.8) is 0 Å². The topological polar surface area (TPSA) is 80.9 Å². The molecule has 3 aromatic rings. The van der Waals surface area contributed by atoms with Gasteiger partial charge in [-0.15, -0.1) is 0 Å². The van der Waals surface area contributed by atoms with E-state index in [-0.39, 0.29) is 5.91 Å². The highest BCUT2D eigenvalue weighted by Crippen LogP contribution is 2.26. The molecule has 9 heteroatoms. The molecule has 8 nitrogen and oxygen atoms in total. The van der Waals surface area contributed by atoms with Crippen molar-refractivity contribution in [2.24, 2.45) is 7.05 Å². The number of hydrogen-bond acceptors (Lipinski definition) is 5. The van der Waals surface area contributed by atoms with Gasteiger partial charge < -0.3 is 14.8 Å². The van der Waals surface area contributed by atoms with Crippen LogP contribution in [0.1, 0.15) is 17.4 Å². The molecule has 1 N–H and O–H groups in total. The van der Waals surface area contributed by atoms with Crippen LogP contribution in [0.25, 0.3) is 11.0 Å². The first-order valence-corrected chi connectivity index (χ1v) is 7.82. The Bertz CT molecular complexity index is 912. The van der Waals surface area contributed by atoms with E-state index in [1.807, 2.05) is 25.9 Å². The molecule has 24 heavy (non-hydrogen) atoms. The molecule has 0 saturated carbocycles. The maximum Gasteiger partial charge on any atom is 0.273 e. The second-order valence-corrected chi connectivity index (χ2v) is 5.96. The van der Waals surface area contributed by atoms with Gasteiger partial charge in [-0.2, -0.15) is 5.10 Å². The van der Waals surface area contributed by atoms with Crippen LogP contribution in [-0.2, 0) is 13.6 Å². The Morgan fingerprint density at radius 2 is 2.12 bits per heavy atom. The Morgan fingerprint density at radius 1 is 1.38 bits per heavy atom. The summed E-state index contributed by atoms with van der Waals surface area (Å²) >= 11 is 6.11. The molecular formula is C15H18ClN7O. The quantitative estimate of drug-likeness (QED) is 0.782. The molecule has 0 bridgehead atoms. The zero-order chi connectivity index (χ0) is 17.4. The lowest BCUT2D eigenvalue weighted by Crippen LogP contribution is -2.16. The first-order chi connectivity index (χ1) is 11.4. The summed E-state index contributed by atoms with van der Waals surface area (Å²) in [5, 5.41) is 8.18. The minimum Gasteiger partial charge on any atom is -0.362 e. The Balaban J connectivity index is 1.99. The van der Waals surface area contributed by atoms with Crippen LogP contribution in [0.2, 0.25) is 5.02 Å². The number of rotatable bonds is 4. The molecule has 0 spiro atoms. The molecule has 0 saturated heterocycles. The van der Waals surface area contributed by atoms with Crippen LogP contribution in [0, 0.1) is 0 Å². The second-order valence-electron chi connectivity index (χ2n) is 5.55. The zero-order valence-corrected chi connectivity index (χ0v) is 14.7. The Morgan fingerprint density at radius 3 is 2.75 bits per heavy atom. The summed E-state index contributed by atoms with van der Waals surface area (Å²) in [5.74, 6) is 0.791. The highest BCUT2D eigenvalue weighted by atomic mass is 35.5.